The van der Waals surface area contributed by atoms with E-state index in [2.05, 4.69) is 27.3 Å². The number of rotatable bonds is 2. The van der Waals surface area contributed by atoms with Crippen molar-refractivity contribution < 1.29 is 9.53 Å². The lowest BCUT2D eigenvalue weighted by Gasteiger charge is -2.22. The van der Waals surface area contributed by atoms with Crippen LogP contribution in [0.2, 0.25) is 0 Å². The Morgan fingerprint density at radius 3 is 2.89 bits per heavy atom. The highest BCUT2D eigenvalue weighted by atomic mass is 79.9. The van der Waals surface area contributed by atoms with Crippen LogP contribution in [0, 0.1) is 5.92 Å². The minimum Gasteiger partial charge on any atom is -0.482 e. The summed E-state index contributed by atoms with van der Waals surface area (Å²) >= 11 is 3.80. The fourth-order valence-corrected chi connectivity index (χ4v) is 3.61. The van der Waals surface area contributed by atoms with E-state index in [-0.39, 0.29) is 12.5 Å². The van der Waals surface area contributed by atoms with E-state index < -0.39 is 0 Å². The molecule has 1 heterocycles. The Labute approximate surface area is 115 Å². The molecule has 3 rings (SSSR count). The van der Waals surface area contributed by atoms with Crippen molar-refractivity contribution in [3.63, 3.8) is 0 Å². The summed E-state index contributed by atoms with van der Waals surface area (Å²) in [6, 6.07) is 6.07. The zero-order chi connectivity index (χ0) is 12.5. The number of anilines is 1. The number of alkyl halides is 1. The van der Waals surface area contributed by atoms with Gasteiger partial charge >= 0.3 is 0 Å². The van der Waals surface area contributed by atoms with Gasteiger partial charge in [-0.1, -0.05) is 34.8 Å². The average Bonchev–Trinajstić information content (AvgIpc) is 2.90. The van der Waals surface area contributed by atoms with Crippen LogP contribution in [-0.2, 0) is 4.79 Å². The van der Waals surface area contributed by atoms with Crippen molar-refractivity contribution in [1.29, 1.82) is 0 Å². The van der Waals surface area contributed by atoms with E-state index in [1.165, 1.54) is 31.2 Å². The van der Waals surface area contributed by atoms with Crippen LogP contribution in [-0.4, -0.2) is 12.5 Å². The van der Waals surface area contributed by atoms with Crippen LogP contribution in [0.25, 0.3) is 0 Å². The SMILES string of the molecule is O=C1COc2ccc(C(Br)C3CCCC3)cc2N1. The fraction of sp³-hybridized carbons (Fsp3) is 0.500. The topological polar surface area (TPSA) is 38.3 Å². The van der Waals surface area contributed by atoms with Gasteiger partial charge in [0, 0.05) is 4.83 Å². The highest BCUT2D eigenvalue weighted by Crippen LogP contribution is 2.43. The Kier molecular flexibility index (Phi) is 3.29. The van der Waals surface area contributed by atoms with Gasteiger partial charge in [0.05, 0.1) is 5.69 Å². The zero-order valence-corrected chi connectivity index (χ0v) is 11.7. The second kappa shape index (κ2) is 4.92. The van der Waals surface area contributed by atoms with E-state index in [4.69, 9.17) is 4.74 Å². The normalized spacial score (nSPS) is 21.1. The molecule has 1 aromatic carbocycles. The third-order valence-corrected chi connectivity index (χ3v) is 5.04. The summed E-state index contributed by atoms with van der Waals surface area (Å²) < 4.78 is 5.37. The Morgan fingerprint density at radius 2 is 2.11 bits per heavy atom. The molecular weight excluding hydrogens is 294 g/mol. The number of amides is 1. The molecular formula is C14H16BrNO2. The summed E-state index contributed by atoms with van der Waals surface area (Å²) in [6.07, 6.45) is 5.24. The van der Waals surface area contributed by atoms with Crippen molar-refractivity contribution in [2.75, 3.05) is 11.9 Å². The van der Waals surface area contributed by atoms with Crippen molar-refractivity contribution in [2.45, 2.75) is 30.5 Å². The van der Waals surface area contributed by atoms with E-state index in [9.17, 15) is 4.79 Å². The Balaban J connectivity index is 1.84. The second-order valence-electron chi connectivity index (χ2n) is 5.04. The standard InChI is InChI=1S/C14H16BrNO2/c15-14(9-3-1-2-4-9)10-5-6-12-11(7-10)16-13(17)8-18-12/h5-7,9,14H,1-4,8H2,(H,16,17). The maximum atomic E-state index is 11.3. The van der Waals surface area contributed by atoms with Crippen molar-refractivity contribution in [1.82, 2.24) is 0 Å². The first-order valence-corrected chi connectivity index (χ1v) is 7.36. The molecule has 96 valence electrons. The smallest absolute Gasteiger partial charge is 0.262 e. The molecule has 1 N–H and O–H groups in total. The first kappa shape index (κ1) is 12.0. The predicted octanol–water partition coefficient (Wildman–Crippen LogP) is 3.64. The molecule has 1 aromatic rings. The molecule has 0 bridgehead atoms. The number of ether oxygens (including phenoxy) is 1. The first-order chi connectivity index (χ1) is 8.74. The highest BCUT2D eigenvalue weighted by molar-refractivity contribution is 9.09. The number of halogens is 1. The molecule has 1 unspecified atom stereocenters. The molecule has 0 radical (unpaired) electrons. The van der Waals surface area contributed by atoms with Crippen molar-refractivity contribution >= 4 is 27.5 Å². The number of fused-ring (bicyclic) bond motifs is 1. The lowest BCUT2D eigenvalue weighted by Crippen LogP contribution is -2.25. The fourth-order valence-electron chi connectivity index (χ4n) is 2.79. The van der Waals surface area contributed by atoms with Crippen molar-refractivity contribution in [3.8, 4) is 5.75 Å². The van der Waals surface area contributed by atoms with E-state index in [0.717, 1.165) is 11.4 Å². The van der Waals surface area contributed by atoms with Gasteiger partial charge in [0.2, 0.25) is 0 Å². The molecule has 1 saturated carbocycles. The molecule has 18 heavy (non-hydrogen) atoms. The van der Waals surface area contributed by atoms with Crippen LogP contribution in [0.15, 0.2) is 18.2 Å². The summed E-state index contributed by atoms with van der Waals surface area (Å²) in [5.74, 6) is 1.40. The van der Waals surface area contributed by atoms with Gasteiger partial charge in [-0.25, -0.2) is 0 Å². The van der Waals surface area contributed by atoms with Gasteiger partial charge in [-0.2, -0.15) is 0 Å². The zero-order valence-electron chi connectivity index (χ0n) is 10.1. The third-order valence-electron chi connectivity index (χ3n) is 3.77. The lowest BCUT2D eigenvalue weighted by atomic mass is 9.97. The van der Waals surface area contributed by atoms with Gasteiger partial charge in [0.15, 0.2) is 6.61 Å². The van der Waals surface area contributed by atoms with Crippen LogP contribution < -0.4 is 10.1 Å². The third kappa shape index (κ3) is 2.26. The van der Waals surface area contributed by atoms with E-state index in [1.54, 1.807) is 0 Å². The van der Waals surface area contributed by atoms with Crippen molar-refractivity contribution in [3.05, 3.63) is 23.8 Å². The van der Waals surface area contributed by atoms with Crippen molar-refractivity contribution in [2.24, 2.45) is 5.92 Å². The van der Waals surface area contributed by atoms with E-state index >= 15 is 0 Å². The molecule has 1 atom stereocenters. The van der Waals surface area contributed by atoms with Gasteiger partial charge in [-0.3, -0.25) is 4.79 Å². The minimum absolute atomic E-state index is 0.0772. The second-order valence-corrected chi connectivity index (χ2v) is 6.03. The van der Waals surface area contributed by atoms with Crippen LogP contribution in [0.4, 0.5) is 5.69 Å². The summed E-state index contributed by atoms with van der Waals surface area (Å²) in [4.78, 5) is 11.7. The molecule has 0 spiro atoms. The molecule has 2 aliphatic rings. The monoisotopic (exact) mass is 309 g/mol. The lowest BCUT2D eigenvalue weighted by molar-refractivity contribution is -0.118. The maximum Gasteiger partial charge on any atom is 0.262 e. The van der Waals surface area contributed by atoms with Gasteiger partial charge in [0.25, 0.3) is 5.91 Å². The minimum atomic E-state index is -0.0772. The number of hydrogen-bond donors (Lipinski definition) is 1. The van der Waals surface area contributed by atoms with Gasteiger partial charge in [-0.15, -0.1) is 0 Å². The highest BCUT2D eigenvalue weighted by Gasteiger charge is 2.25. The molecule has 1 aliphatic heterocycles. The Bertz CT molecular complexity index is 469. The average molecular weight is 310 g/mol. The molecule has 0 saturated heterocycles. The predicted molar refractivity (Wildman–Crippen MR) is 74.2 cm³/mol. The van der Waals surface area contributed by atoms with Gasteiger partial charge in [-0.05, 0) is 36.5 Å². The van der Waals surface area contributed by atoms with Gasteiger partial charge in [0.1, 0.15) is 5.75 Å². The number of hydrogen-bond acceptors (Lipinski definition) is 2. The maximum absolute atomic E-state index is 11.3. The summed E-state index contributed by atoms with van der Waals surface area (Å²) in [5.41, 5.74) is 2.03. The molecule has 4 heteroatoms. The van der Waals surface area contributed by atoms with Crippen LogP contribution in [0.1, 0.15) is 36.1 Å². The summed E-state index contributed by atoms with van der Waals surface area (Å²) in [7, 11) is 0. The first-order valence-electron chi connectivity index (χ1n) is 6.45. The Morgan fingerprint density at radius 1 is 1.33 bits per heavy atom. The number of carbonyl (C=O) groups excluding carboxylic acids is 1. The van der Waals surface area contributed by atoms with Crippen LogP contribution >= 0.6 is 15.9 Å². The van der Waals surface area contributed by atoms with Gasteiger partial charge < -0.3 is 10.1 Å². The molecule has 3 nitrogen and oxygen atoms in total. The molecule has 1 fully saturated rings. The molecule has 1 aliphatic carbocycles. The number of carbonyl (C=O) groups is 1. The number of benzene rings is 1. The van der Waals surface area contributed by atoms with Crippen LogP contribution in [0.3, 0.4) is 0 Å². The molecule has 0 aromatic heterocycles. The molecule has 1 amide bonds. The summed E-state index contributed by atoms with van der Waals surface area (Å²) in [6.45, 7) is 0.118. The number of nitrogens with one attached hydrogen (secondary N) is 1. The largest absolute Gasteiger partial charge is 0.482 e. The van der Waals surface area contributed by atoms with E-state index in [0.29, 0.717) is 10.7 Å². The summed E-state index contributed by atoms with van der Waals surface area (Å²) in [5, 5.41) is 2.86. The van der Waals surface area contributed by atoms with E-state index in [1.807, 2.05) is 12.1 Å². The Hall–Kier alpha value is -1.03. The quantitative estimate of drug-likeness (QED) is 0.847. The van der Waals surface area contributed by atoms with Crippen LogP contribution in [0.5, 0.6) is 5.75 Å².